The van der Waals surface area contributed by atoms with Gasteiger partial charge in [0, 0.05) is 6.07 Å². The molecule has 15 heteroatoms. The van der Waals surface area contributed by atoms with Gasteiger partial charge < -0.3 is 4.74 Å². The predicted molar refractivity (Wildman–Crippen MR) is 104 cm³/mol. The second-order valence-corrected chi connectivity index (χ2v) is 8.41. The average Bonchev–Trinajstić information content (AvgIpc) is 3.08. The van der Waals surface area contributed by atoms with E-state index in [1.54, 1.807) is 0 Å². The molecule has 1 N–H and O–H groups in total. The zero-order chi connectivity index (χ0) is 24.6. The van der Waals surface area contributed by atoms with Crippen LogP contribution in [0.25, 0.3) is 5.69 Å². The topological polar surface area (TPSA) is 103 Å². The molecule has 3 aromatic rings. The van der Waals surface area contributed by atoms with Crippen molar-refractivity contribution in [2.24, 2.45) is 0 Å². The number of halogens is 6. The number of benzene rings is 2. The number of amides is 1. The molecular weight excluding hydrogens is 499 g/mol. The fourth-order valence-electron chi connectivity index (χ4n) is 2.76. The van der Waals surface area contributed by atoms with Crippen LogP contribution in [-0.2, 0) is 16.2 Å². The van der Waals surface area contributed by atoms with Gasteiger partial charge in [0.15, 0.2) is 5.69 Å². The highest BCUT2D eigenvalue weighted by Crippen LogP contribution is 2.34. The molecule has 2 aromatic carbocycles. The Kier molecular flexibility index (Phi) is 6.61. The maximum atomic E-state index is 13.2. The van der Waals surface area contributed by atoms with Crippen LogP contribution in [0.1, 0.15) is 21.7 Å². The number of ether oxygens (including phenoxy) is 1. The molecule has 0 saturated carbocycles. The monoisotopic (exact) mass is 510 g/mol. The minimum Gasteiger partial charge on any atom is -0.435 e. The maximum Gasteiger partial charge on any atom is 0.417 e. The number of sulfonamides is 1. The van der Waals surface area contributed by atoms with E-state index in [4.69, 9.17) is 11.6 Å². The quantitative estimate of drug-likeness (QED) is 0.503. The molecule has 0 bridgehead atoms. The summed E-state index contributed by atoms with van der Waals surface area (Å²) in [5.74, 6) is -1.59. The van der Waals surface area contributed by atoms with Crippen LogP contribution in [-0.4, -0.2) is 35.9 Å². The summed E-state index contributed by atoms with van der Waals surface area (Å²) in [5, 5.41) is 7.12. The number of carbonyl (C=O) groups excluding carboxylic acids is 1. The normalized spacial score (nSPS) is 12.1. The Morgan fingerprint density at radius 1 is 1.18 bits per heavy atom. The lowest BCUT2D eigenvalue weighted by Crippen LogP contribution is -2.32. The molecule has 1 aromatic heterocycles. The lowest BCUT2D eigenvalue weighted by Gasteiger charge is -2.13. The number of hydrogen-bond donors (Lipinski definition) is 1. The van der Waals surface area contributed by atoms with Crippen LogP contribution < -0.4 is 9.46 Å². The fourth-order valence-corrected chi connectivity index (χ4v) is 4.20. The van der Waals surface area contributed by atoms with Crippen molar-refractivity contribution < 1.29 is 39.9 Å². The summed E-state index contributed by atoms with van der Waals surface area (Å²) in [4.78, 5) is 11.4. The summed E-state index contributed by atoms with van der Waals surface area (Å²) in [6.45, 7) is -1.77. The van der Waals surface area contributed by atoms with Crippen LogP contribution in [0.5, 0.6) is 5.75 Å². The number of alkyl halides is 5. The van der Waals surface area contributed by atoms with Crippen LogP contribution in [0.4, 0.5) is 22.0 Å². The molecule has 1 amide bonds. The van der Waals surface area contributed by atoms with Gasteiger partial charge in [-0.05, 0) is 31.2 Å². The van der Waals surface area contributed by atoms with Crippen LogP contribution in [0.15, 0.2) is 47.4 Å². The van der Waals surface area contributed by atoms with E-state index in [0.29, 0.717) is 12.1 Å². The SMILES string of the molecule is Cc1c(C(=O)NS(=O)(=O)c2ccccc2C(F)(F)F)nnn1-c1ccc(OC(F)F)cc1Cl. The van der Waals surface area contributed by atoms with Gasteiger partial charge in [0.2, 0.25) is 0 Å². The van der Waals surface area contributed by atoms with Crippen LogP contribution >= 0.6 is 11.6 Å². The molecule has 0 aliphatic carbocycles. The number of hydrogen-bond acceptors (Lipinski definition) is 6. The first-order valence-electron chi connectivity index (χ1n) is 8.71. The van der Waals surface area contributed by atoms with E-state index < -0.39 is 44.9 Å². The Morgan fingerprint density at radius 3 is 2.45 bits per heavy atom. The molecule has 0 spiro atoms. The van der Waals surface area contributed by atoms with Gasteiger partial charge in [-0.25, -0.2) is 17.8 Å². The number of nitrogens with zero attached hydrogens (tertiary/aromatic N) is 3. The van der Waals surface area contributed by atoms with E-state index in [-0.39, 0.29) is 22.2 Å². The number of rotatable bonds is 6. The molecule has 0 aliphatic heterocycles. The van der Waals surface area contributed by atoms with Gasteiger partial charge >= 0.3 is 12.8 Å². The first-order valence-corrected chi connectivity index (χ1v) is 10.6. The molecule has 8 nitrogen and oxygen atoms in total. The minimum absolute atomic E-state index is 0.0313. The first-order chi connectivity index (χ1) is 15.3. The Labute approximate surface area is 188 Å². The second kappa shape index (κ2) is 8.94. The molecule has 0 unspecified atom stereocenters. The van der Waals surface area contributed by atoms with Gasteiger partial charge in [-0.15, -0.1) is 5.10 Å². The predicted octanol–water partition coefficient (Wildman–Crippen LogP) is 3.97. The standard InChI is InChI=1S/C18H12ClF5N4O4S/c1-9-15(25-27-28(9)13-7-6-10(8-12(13)19)32-17(20)21)16(29)26-33(30,31)14-5-3-2-4-11(14)18(22,23)24/h2-8,17H,1H3,(H,26,29). The van der Waals surface area contributed by atoms with Gasteiger partial charge in [0.25, 0.3) is 15.9 Å². The van der Waals surface area contributed by atoms with E-state index in [0.717, 1.165) is 28.9 Å². The van der Waals surface area contributed by atoms with E-state index >= 15 is 0 Å². The lowest BCUT2D eigenvalue weighted by molar-refractivity contribution is -0.139. The third-order valence-electron chi connectivity index (χ3n) is 4.19. The zero-order valence-corrected chi connectivity index (χ0v) is 17.8. The second-order valence-electron chi connectivity index (χ2n) is 6.36. The highest BCUT2D eigenvalue weighted by molar-refractivity contribution is 7.90. The highest BCUT2D eigenvalue weighted by Gasteiger charge is 2.37. The van der Waals surface area contributed by atoms with E-state index in [2.05, 4.69) is 15.0 Å². The first kappa shape index (κ1) is 24.4. The average molecular weight is 511 g/mol. The molecule has 0 aliphatic rings. The molecule has 0 saturated heterocycles. The summed E-state index contributed by atoms with van der Waals surface area (Å²) in [6, 6.07) is 6.77. The molecule has 0 fully saturated rings. The zero-order valence-electron chi connectivity index (χ0n) is 16.3. The van der Waals surface area contributed by atoms with Crippen molar-refractivity contribution in [3.63, 3.8) is 0 Å². The Bertz CT molecular complexity index is 1310. The molecular formula is C18H12ClF5N4O4S. The van der Waals surface area contributed by atoms with Crippen molar-refractivity contribution in [2.45, 2.75) is 24.6 Å². The van der Waals surface area contributed by atoms with Crippen LogP contribution in [0.2, 0.25) is 5.02 Å². The third-order valence-corrected chi connectivity index (χ3v) is 5.88. The van der Waals surface area contributed by atoms with Gasteiger partial charge in [-0.2, -0.15) is 22.0 Å². The van der Waals surface area contributed by atoms with Gasteiger partial charge in [-0.1, -0.05) is 28.9 Å². The van der Waals surface area contributed by atoms with Crippen molar-refractivity contribution in [1.29, 1.82) is 0 Å². The van der Waals surface area contributed by atoms with E-state index in [1.165, 1.54) is 17.7 Å². The summed E-state index contributed by atoms with van der Waals surface area (Å²) >= 11 is 6.04. The minimum atomic E-state index is -4.98. The lowest BCUT2D eigenvalue weighted by atomic mass is 10.2. The van der Waals surface area contributed by atoms with Crippen molar-refractivity contribution in [2.75, 3.05) is 0 Å². The summed E-state index contributed by atoms with van der Waals surface area (Å²) < 4.78 is 95.9. The van der Waals surface area contributed by atoms with E-state index in [9.17, 15) is 35.2 Å². The van der Waals surface area contributed by atoms with Crippen LogP contribution in [0.3, 0.4) is 0 Å². The molecule has 3 rings (SSSR count). The van der Waals surface area contributed by atoms with Crippen molar-refractivity contribution >= 4 is 27.5 Å². The van der Waals surface area contributed by atoms with Gasteiger partial charge in [0.05, 0.1) is 26.9 Å². The Balaban J connectivity index is 1.91. The molecule has 33 heavy (non-hydrogen) atoms. The molecule has 0 radical (unpaired) electrons. The molecule has 1 heterocycles. The maximum absolute atomic E-state index is 13.2. The number of aromatic nitrogens is 3. The number of nitrogens with one attached hydrogen (secondary N) is 1. The van der Waals surface area contributed by atoms with Gasteiger partial charge in [-0.3, -0.25) is 4.79 Å². The smallest absolute Gasteiger partial charge is 0.417 e. The van der Waals surface area contributed by atoms with E-state index in [1.807, 2.05) is 0 Å². The Morgan fingerprint density at radius 2 is 1.85 bits per heavy atom. The number of carbonyl (C=O) groups is 1. The third kappa shape index (κ3) is 5.22. The van der Waals surface area contributed by atoms with Gasteiger partial charge in [0.1, 0.15) is 5.75 Å². The Hall–Kier alpha value is -3.26. The largest absolute Gasteiger partial charge is 0.435 e. The summed E-state index contributed by atoms with van der Waals surface area (Å²) in [5.41, 5.74) is -1.92. The van der Waals surface area contributed by atoms with Crippen molar-refractivity contribution in [3.05, 3.63) is 64.4 Å². The summed E-state index contributed by atoms with van der Waals surface area (Å²) in [6.07, 6.45) is -4.98. The fraction of sp³-hybridized carbons (Fsp3) is 0.167. The molecule has 176 valence electrons. The molecule has 0 atom stereocenters. The van der Waals surface area contributed by atoms with Crippen molar-refractivity contribution in [3.8, 4) is 11.4 Å². The van der Waals surface area contributed by atoms with Crippen molar-refractivity contribution in [1.82, 2.24) is 19.7 Å². The van der Waals surface area contributed by atoms with Crippen LogP contribution in [0, 0.1) is 6.92 Å². The summed E-state index contributed by atoms with van der Waals surface area (Å²) in [7, 11) is -4.93. The highest BCUT2D eigenvalue weighted by atomic mass is 35.5.